The van der Waals surface area contributed by atoms with Crippen LogP contribution in [0.3, 0.4) is 0 Å². The molecule has 2 aliphatic heterocycles. The van der Waals surface area contributed by atoms with Gasteiger partial charge in [0.1, 0.15) is 61.0 Å². The summed E-state index contributed by atoms with van der Waals surface area (Å²) in [5.41, 5.74) is 13.2. The molecule has 0 amide bonds. The molecule has 6 heterocycles. The van der Waals surface area contributed by atoms with E-state index in [2.05, 4.69) is 24.9 Å². The van der Waals surface area contributed by atoms with Gasteiger partial charge in [-0.1, -0.05) is 11.8 Å². The van der Waals surface area contributed by atoms with Crippen LogP contribution in [0.4, 0.5) is 11.6 Å². The number of nitrogens with zero attached hydrogens (tertiary/aromatic N) is 7. The van der Waals surface area contributed by atoms with Crippen LogP contribution in [-0.2, 0) is 30.3 Å². The van der Waals surface area contributed by atoms with E-state index in [1.807, 2.05) is 0 Å². The number of nitrogen functional groups attached to an aromatic ring is 2. The number of anilines is 2. The van der Waals surface area contributed by atoms with E-state index < -0.39 is 50.2 Å². The maximum atomic E-state index is 13.1. The molecule has 39 heavy (non-hydrogen) atoms. The third kappa shape index (κ3) is 4.97. The first-order valence-corrected chi connectivity index (χ1v) is 14.5. The largest absolute Gasteiger partial charge is 0.780 e. The number of fused-ring (bicyclic) bond motifs is 2. The third-order valence-electron chi connectivity index (χ3n) is 6.77. The molecule has 4 aromatic rings. The van der Waals surface area contributed by atoms with Gasteiger partial charge in [0.15, 0.2) is 11.5 Å². The van der Waals surface area contributed by atoms with Gasteiger partial charge in [0.2, 0.25) is 0 Å². The summed E-state index contributed by atoms with van der Waals surface area (Å²) in [5.74, 6) is 0.548. The highest BCUT2D eigenvalue weighted by atomic mass is 32.5. The second-order valence-corrected chi connectivity index (χ2v) is 11.9. The van der Waals surface area contributed by atoms with E-state index in [0.717, 1.165) is 0 Å². The van der Waals surface area contributed by atoms with E-state index >= 15 is 0 Å². The molecule has 2 fully saturated rings. The summed E-state index contributed by atoms with van der Waals surface area (Å²) >= 11 is 5.12. The molecule has 16 nitrogen and oxygen atoms in total. The zero-order valence-electron chi connectivity index (χ0n) is 20.3. The molecule has 0 saturated carbocycles. The van der Waals surface area contributed by atoms with Gasteiger partial charge in [-0.05, 0) is 6.07 Å². The molecule has 6 N–H and O–H groups in total. The molecule has 7 atom stereocenters. The van der Waals surface area contributed by atoms with Crippen molar-refractivity contribution in [2.75, 3.05) is 24.7 Å². The van der Waals surface area contributed by atoms with E-state index in [9.17, 15) is 15.1 Å². The fourth-order valence-electron chi connectivity index (χ4n) is 4.85. The Labute approximate surface area is 225 Å². The summed E-state index contributed by atoms with van der Waals surface area (Å²) in [5, 5.41) is 21.1. The highest BCUT2D eigenvalue weighted by molar-refractivity contribution is 8.06. The predicted octanol–water partition coefficient (Wildman–Crippen LogP) is -0.650. The molecular weight excluding hydrogens is 553 g/mol. The van der Waals surface area contributed by atoms with Gasteiger partial charge in [0, 0.05) is 19.0 Å². The summed E-state index contributed by atoms with van der Waals surface area (Å²) < 4.78 is 26.3. The minimum absolute atomic E-state index is 0.204. The van der Waals surface area contributed by atoms with Crippen LogP contribution in [0.1, 0.15) is 25.3 Å². The Hall–Kier alpha value is -2.86. The summed E-state index contributed by atoms with van der Waals surface area (Å²) in [4.78, 5) is 33.6. The second-order valence-electron chi connectivity index (χ2n) is 9.17. The van der Waals surface area contributed by atoms with Crippen molar-refractivity contribution in [3.63, 3.8) is 0 Å². The molecule has 2 aliphatic rings. The van der Waals surface area contributed by atoms with Gasteiger partial charge in [0.05, 0.1) is 37.1 Å². The third-order valence-corrected chi connectivity index (χ3v) is 8.34. The molecule has 2 saturated heterocycles. The lowest BCUT2D eigenvalue weighted by atomic mass is 10.2. The number of aliphatic hydroxyl groups excluding tert-OH is 2. The molecular formula is C21H25N9O7PS-. The Morgan fingerprint density at radius 2 is 1.74 bits per heavy atom. The molecule has 0 aromatic carbocycles. The molecule has 0 radical (unpaired) electrons. The lowest BCUT2D eigenvalue weighted by molar-refractivity contribution is -0.215. The minimum atomic E-state index is -4.07. The van der Waals surface area contributed by atoms with Crippen molar-refractivity contribution in [3.05, 3.63) is 31.2 Å². The number of imidazole rings is 1. The van der Waals surface area contributed by atoms with E-state index in [1.165, 1.54) is 19.0 Å². The summed E-state index contributed by atoms with van der Waals surface area (Å²) in [7, 11) is 0. The van der Waals surface area contributed by atoms with Gasteiger partial charge in [-0.3, -0.25) is 4.57 Å². The first kappa shape index (κ1) is 26.4. The van der Waals surface area contributed by atoms with Crippen LogP contribution in [0.15, 0.2) is 31.2 Å². The van der Waals surface area contributed by atoms with Crippen molar-refractivity contribution in [3.8, 4) is 0 Å². The first-order chi connectivity index (χ1) is 18.7. The SMILES string of the molecule is Nc1ncnc2c1ccn2[C@H]1C[C@@H](OP([O-])(=S)OC[C@H]2O[C@@H](n3cnc4c(N)ncnc43)C[C@H]2O)[C@@H](CO)O1. The monoisotopic (exact) mass is 578 g/mol. The Balaban J connectivity index is 1.09. The van der Waals surface area contributed by atoms with Crippen LogP contribution in [0.25, 0.3) is 22.2 Å². The number of ether oxygens (including phenoxy) is 2. The highest BCUT2D eigenvalue weighted by Crippen LogP contribution is 2.46. The lowest BCUT2D eigenvalue weighted by Crippen LogP contribution is -2.31. The average molecular weight is 579 g/mol. The van der Waals surface area contributed by atoms with Crippen LogP contribution in [0.5, 0.6) is 0 Å². The fourth-order valence-corrected chi connectivity index (χ4v) is 6.30. The normalized spacial score (nSPS) is 28.9. The summed E-state index contributed by atoms with van der Waals surface area (Å²) in [6, 6.07) is 1.76. The van der Waals surface area contributed by atoms with Crippen molar-refractivity contribution >= 4 is 52.4 Å². The van der Waals surface area contributed by atoms with Crippen LogP contribution < -0.4 is 16.4 Å². The molecule has 18 heteroatoms. The smallest absolute Gasteiger partial charge is 0.167 e. The number of rotatable bonds is 8. The van der Waals surface area contributed by atoms with Gasteiger partial charge in [-0.15, -0.1) is 0 Å². The predicted molar refractivity (Wildman–Crippen MR) is 137 cm³/mol. The van der Waals surface area contributed by atoms with Crippen LogP contribution in [0.2, 0.25) is 0 Å². The van der Waals surface area contributed by atoms with E-state index in [4.69, 9.17) is 41.8 Å². The van der Waals surface area contributed by atoms with Gasteiger partial charge in [0.25, 0.3) is 0 Å². The Kier molecular flexibility index (Phi) is 6.95. The quantitative estimate of drug-likeness (QED) is 0.190. The first-order valence-electron chi connectivity index (χ1n) is 12.0. The molecule has 1 unspecified atom stereocenters. The van der Waals surface area contributed by atoms with E-state index in [0.29, 0.717) is 28.0 Å². The Morgan fingerprint density at radius 3 is 2.54 bits per heavy atom. The number of hydrogen-bond acceptors (Lipinski definition) is 15. The van der Waals surface area contributed by atoms with Crippen LogP contribution in [-0.4, -0.2) is 81.9 Å². The number of hydrogen-bond donors (Lipinski definition) is 4. The van der Waals surface area contributed by atoms with Crippen molar-refractivity contribution in [1.29, 1.82) is 0 Å². The van der Waals surface area contributed by atoms with Crippen LogP contribution >= 0.6 is 6.72 Å². The number of nitrogens with two attached hydrogens (primary N) is 2. The Bertz CT molecular complexity index is 1550. The molecule has 208 valence electrons. The average Bonchev–Trinajstić information content (AvgIpc) is 3.68. The van der Waals surface area contributed by atoms with Crippen LogP contribution in [0, 0.1) is 0 Å². The highest BCUT2D eigenvalue weighted by Gasteiger charge is 2.40. The van der Waals surface area contributed by atoms with Gasteiger partial charge in [-0.25, -0.2) is 24.9 Å². The zero-order valence-corrected chi connectivity index (χ0v) is 22.0. The molecule has 4 aromatic heterocycles. The number of aliphatic hydroxyl groups is 2. The number of aromatic nitrogens is 7. The van der Waals surface area contributed by atoms with E-state index in [1.54, 1.807) is 21.4 Å². The maximum absolute atomic E-state index is 13.1. The van der Waals surface area contributed by atoms with Crippen molar-refractivity contribution < 1.29 is 33.6 Å². The molecule has 6 rings (SSSR count). The second kappa shape index (κ2) is 10.3. The zero-order chi connectivity index (χ0) is 27.3. The fraction of sp³-hybridized carbons (Fsp3) is 0.476. The minimum Gasteiger partial charge on any atom is -0.780 e. The lowest BCUT2D eigenvalue weighted by Gasteiger charge is -2.32. The van der Waals surface area contributed by atoms with Crippen molar-refractivity contribution in [2.45, 2.75) is 49.7 Å². The topological polar surface area (TPSA) is 227 Å². The van der Waals surface area contributed by atoms with Crippen molar-refractivity contribution in [2.24, 2.45) is 0 Å². The molecule has 0 aliphatic carbocycles. The van der Waals surface area contributed by atoms with Gasteiger partial charge >= 0.3 is 0 Å². The Morgan fingerprint density at radius 1 is 1.03 bits per heavy atom. The standard InChI is InChI=1S/C21H26N9O7PS/c22-18-10-1-2-29(20(10)26-7-24-18)16-4-12(13(5-31)35-16)37-38(33,39)34-6-14-11(32)3-15(36-14)30-9-28-17-19(23)25-8-27-21(17)30/h1-2,7-9,11-16,31-32H,3-6H2,(H,33,39)(H2,22,24,26)(H2,23,25,27)/p-1/t11-,12-,13-,14-,15-,16-,38?/m1/s1. The summed E-state index contributed by atoms with van der Waals surface area (Å²) in [6.45, 7) is -4.75. The molecule has 0 bridgehead atoms. The maximum Gasteiger partial charge on any atom is 0.167 e. The van der Waals surface area contributed by atoms with Crippen molar-refractivity contribution in [1.82, 2.24) is 34.1 Å². The van der Waals surface area contributed by atoms with Gasteiger partial charge in [-0.2, -0.15) is 0 Å². The van der Waals surface area contributed by atoms with Gasteiger partial charge < -0.3 is 49.7 Å². The summed E-state index contributed by atoms with van der Waals surface area (Å²) in [6.07, 6.45) is 1.68. The molecule has 0 spiro atoms. The van der Waals surface area contributed by atoms with E-state index in [-0.39, 0.29) is 25.3 Å².